The quantitative estimate of drug-likeness (QED) is 0.828. The second-order valence-electron chi connectivity index (χ2n) is 4.50. The Balaban J connectivity index is 2.96. The van der Waals surface area contributed by atoms with Crippen LogP contribution in [0.15, 0.2) is 12.3 Å². The van der Waals surface area contributed by atoms with Gasteiger partial charge in [0.05, 0.1) is 10.6 Å². The number of alkyl halides is 3. The minimum atomic E-state index is -4.44. The van der Waals surface area contributed by atoms with Gasteiger partial charge in [0.25, 0.3) is 5.91 Å². The number of aryl methyl sites for hydroxylation is 1. The van der Waals surface area contributed by atoms with Crippen LogP contribution in [0, 0.1) is 6.92 Å². The lowest BCUT2D eigenvalue weighted by molar-refractivity contribution is -0.140. The summed E-state index contributed by atoms with van der Waals surface area (Å²) in [6.07, 6.45) is -2.02. The van der Waals surface area contributed by atoms with Crippen molar-refractivity contribution in [1.82, 2.24) is 9.88 Å². The summed E-state index contributed by atoms with van der Waals surface area (Å²) in [5.74, 6) is -0.742. The first-order valence-corrected chi connectivity index (χ1v) is 6.60. The van der Waals surface area contributed by atoms with E-state index in [0.717, 1.165) is 4.90 Å². The van der Waals surface area contributed by atoms with Crippen LogP contribution in [0.25, 0.3) is 0 Å². The van der Waals surface area contributed by atoms with Crippen LogP contribution in [0.4, 0.5) is 13.2 Å². The first-order chi connectivity index (χ1) is 9.24. The van der Waals surface area contributed by atoms with Gasteiger partial charge in [0.2, 0.25) is 0 Å². The van der Waals surface area contributed by atoms with Crippen molar-refractivity contribution in [1.29, 1.82) is 0 Å². The van der Waals surface area contributed by atoms with Crippen LogP contribution in [0.2, 0.25) is 5.02 Å². The molecule has 0 atom stereocenters. The van der Waals surface area contributed by atoms with Crippen molar-refractivity contribution in [3.8, 4) is 0 Å². The third kappa shape index (κ3) is 5.00. The van der Waals surface area contributed by atoms with Crippen molar-refractivity contribution in [3.05, 3.63) is 28.5 Å². The Kier molecular flexibility index (Phi) is 5.80. The number of hydrogen-bond acceptors (Lipinski definition) is 2. The van der Waals surface area contributed by atoms with E-state index in [-0.39, 0.29) is 17.1 Å². The fraction of sp³-hybridized carbons (Fsp3) is 0.538. The summed E-state index contributed by atoms with van der Waals surface area (Å²) in [6.45, 7) is 2.29. The molecule has 0 aliphatic rings. The molecule has 0 N–H and O–H groups in total. The topological polar surface area (TPSA) is 33.2 Å². The molecule has 0 saturated heterocycles. The fourth-order valence-electron chi connectivity index (χ4n) is 1.67. The standard InChI is InChI=1S/C13H16ClF3N2O/c1-3-4-5-19(8-13(15,16)17)12(20)10-7-18-9(2)6-11(10)14/h6-7H,3-5,8H2,1-2H3. The average Bonchev–Trinajstić information content (AvgIpc) is 2.32. The van der Waals surface area contributed by atoms with E-state index in [1.165, 1.54) is 12.3 Å². The van der Waals surface area contributed by atoms with E-state index in [0.29, 0.717) is 18.5 Å². The van der Waals surface area contributed by atoms with Crippen LogP contribution in [-0.4, -0.2) is 35.1 Å². The smallest absolute Gasteiger partial charge is 0.329 e. The van der Waals surface area contributed by atoms with Gasteiger partial charge in [-0.05, 0) is 19.4 Å². The van der Waals surface area contributed by atoms with Crippen LogP contribution in [0.1, 0.15) is 35.8 Å². The second kappa shape index (κ2) is 6.92. The van der Waals surface area contributed by atoms with Gasteiger partial charge in [-0.25, -0.2) is 0 Å². The van der Waals surface area contributed by atoms with Gasteiger partial charge in [-0.3, -0.25) is 9.78 Å². The highest BCUT2D eigenvalue weighted by Crippen LogP contribution is 2.22. The average molecular weight is 309 g/mol. The molecule has 0 aliphatic carbocycles. The Hall–Kier alpha value is -1.30. The van der Waals surface area contributed by atoms with Crippen LogP contribution >= 0.6 is 11.6 Å². The number of halogens is 4. The lowest BCUT2D eigenvalue weighted by Gasteiger charge is -2.24. The van der Waals surface area contributed by atoms with Crippen molar-refractivity contribution in [2.45, 2.75) is 32.9 Å². The molecule has 1 aromatic rings. The first-order valence-electron chi connectivity index (χ1n) is 6.22. The Labute approximate surface area is 120 Å². The molecule has 0 saturated carbocycles. The van der Waals surface area contributed by atoms with E-state index in [2.05, 4.69) is 4.98 Å². The number of unbranched alkanes of at least 4 members (excludes halogenated alkanes) is 1. The third-order valence-electron chi connectivity index (χ3n) is 2.66. The molecule has 20 heavy (non-hydrogen) atoms. The van der Waals surface area contributed by atoms with E-state index in [4.69, 9.17) is 11.6 Å². The molecular weight excluding hydrogens is 293 g/mol. The Morgan fingerprint density at radius 2 is 2.10 bits per heavy atom. The van der Waals surface area contributed by atoms with E-state index >= 15 is 0 Å². The molecule has 0 aromatic carbocycles. The van der Waals surface area contributed by atoms with Gasteiger partial charge < -0.3 is 4.90 Å². The lowest BCUT2D eigenvalue weighted by atomic mass is 10.2. The SMILES string of the molecule is CCCCN(CC(F)(F)F)C(=O)c1cnc(C)cc1Cl. The molecule has 3 nitrogen and oxygen atoms in total. The summed E-state index contributed by atoms with van der Waals surface area (Å²) in [5, 5.41) is 0.117. The molecule has 1 aromatic heterocycles. The largest absolute Gasteiger partial charge is 0.406 e. The minimum Gasteiger partial charge on any atom is -0.329 e. The van der Waals surface area contributed by atoms with E-state index in [1.54, 1.807) is 6.92 Å². The van der Waals surface area contributed by atoms with Crippen LogP contribution in [0.5, 0.6) is 0 Å². The number of carbonyl (C=O) groups excluding carboxylic acids is 1. The molecule has 0 aliphatic heterocycles. The molecule has 0 bridgehead atoms. The lowest BCUT2D eigenvalue weighted by Crippen LogP contribution is -2.39. The van der Waals surface area contributed by atoms with Gasteiger partial charge in [-0.2, -0.15) is 13.2 Å². The van der Waals surface area contributed by atoms with Gasteiger partial charge >= 0.3 is 6.18 Å². The zero-order chi connectivity index (χ0) is 15.3. The molecule has 1 rings (SSSR count). The maximum absolute atomic E-state index is 12.5. The van der Waals surface area contributed by atoms with Crippen molar-refractivity contribution >= 4 is 17.5 Å². The van der Waals surface area contributed by atoms with E-state index in [9.17, 15) is 18.0 Å². The van der Waals surface area contributed by atoms with Gasteiger partial charge in [0.1, 0.15) is 6.54 Å². The molecule has 0 unspecified atom stereocenters. The highest BCUT2D eigenvalue weighted by molar-refractivity contribution is 6.33. The Bertz CT molecular complexity index is 477. The number of amides is 1. The zero-order valence-corrected chi connectivity index (χ0v) is 12.1. The summed E-state index contributed by atoms with van der Waals surface area (Å²) >= 11 is 5.90. The molecule has 0 fully saturated rings. The van der Waals surface area contributed by atoms with Crippen molar-refractivity contribution in [3.63, 3.8) is 0 Å². The number of hydrogen-bond donors (Lipinski definition) is 0. The van der Waals surface area contributed by atoms with Crippen molar-refractivity contribution < 1.29 is 18.0 Å². The third-order valence-corrected chi connectivity index (χ3v) is 2.97. The summed E-state index contributed by atoms with van der Waals surface area (Å²) in [4.78, 5) is 16.8. The molecule has 1 amide bonds. The van der Waals surface area contributed by atoms with Crippen LogP contribution in [-0.2, 0) is 0 Å². The van der Waals surface area contributed by atoms with Crippen LogP contribution < -0.4 is 0 Å². The Morgan fingerprint density at radius 1 is 1.45 bits per heavy atom. The van der Waals surface area contributed by atoms with Gasteiger partial charge in [-0.1, -0.05) is 24.9 Å². The number of rotatable bonds is 5. The summed E-state index contributed by atoms with van der Waals surface area (Å²) < 4.78 is 37.6. The molecule has 1 heterocycles. The summed E-state index contributed by atoms with van der Waals surface area (Å²) in [7, 11) is 0. The second-order valence-corrected chi connectivity index (χ2v) is 4.91. The highest BCUT2D eigenvalue weighted by Gasteiger charge is 2.33. The molecule has 7 heteroatoms. The normalized spacial score (nSPS) is 11.5. The number of nitrogens with zero attached hydrogens (tertiary/aromatic N) is 2. The number of pyridine rings is 1. The van der Waals surface area contributed by atoms with Gasteiger partial charge in [0, 0.05) is 18.4 Å². The predicted molar refractivity (Wildman–Crippen MR) is 70.9 cm³/mol. The predicted octanol–water partition coefficient (Wildman–Crippen LogP) is 3.85. The summed E-state index contributed by atoms with van der Waals surface area (Å²) in [5.41, 5.74) is 0.597. The first kappa shape index (κ1) is 16.8. The number of aromatic nitrogens is 1. The monoisotopic (exact) mass is 308 g/mol. The summed E-state index contributed by atoms with van der Waals surface area (Å²) in [6, 6.07) is 1.46. The maximum atomic E-state index is 12.5. The van der Waals surface area contributed by atoms with Gasteiger partial charge in [0.15, 0.2) is 0 Å². The fourth-order valence-corrected chi connectivity index (χ4v) is 1.96. The van der Waals surface area contributed by atoms with Crippen molar-refractivity contribution in [2.75, 3.05) is 13.1 Å². The molecule has 0 radical (unpaired) electrons. The zero-order valence-electron chi connectivity index (χ0n) is 11.3. The molecule has 0 spiro atoms. The van der Waals surface area contributed by atoms with Crippen LogP contribution in [0.3, 0.4) is 0 Å². The van der Waals surface area contributed by atoms with Gasteiger partial charge in [-0.15, -0.1) is 0 Å². The number of carbonyl (C=O) groups is 1. The Morgan fingerprint density at radius 3 is 2.60 bits per heavy atom. The highest BCUT2D eigenvalue weighted by atomic mass is 35.5. The minimum absolute atomic E-state index is 0.00220. The van der Waals surface area contributed by atoms with Crippen molar-refractivity contribution in [2.24, 2.45) is 0 Å². The maximum Gasteiger partial charge on any atom is 0.406 e. The molecular formula is C13H16ClF3N2O. The molecule has 112 valence electrons. The van der Waals surface area contributed by atoms with E-state index in [1.807, 2.05) is 6.92 Å². The van der Waals surface area contributed by atoms with E-state index < -0.39 is 18.6 Å².